The van der Waals surface area contributed by atoms with Gasteiger partial charge in [-0.15, -0.1) is 0 Å². The Balaban J connectivity index is 1.71. The number of carbonyl (C=O) groups excluding carboxylic acids is 4. The van der Waals surface area contributed by atoms with E-state index >= 15 is 0 Å². The van der Waals surface area contributed by atoms with Crippen LogP contribution in [0, 0.1) is 16.7 Å². The summed E-state index contributed by atoms with van der Waals surface area (Å²) < 4.78 is 36.1. The number of hydrogen-bond donors (Lipinski definition) is 0. The van der Waals surface area contributed by atoms with E-state index < -0.39 is 57.7 Å². The molecule has 3 heterocycles. The van der Waals surface area contributed by atoms with Crippen molar-refractivity contribution in [1.29, 1.82) is 0 Å². The number of epoxide rings is 1. The predicted octanol–water partition coefficient (Wildman–Crippen LogP) is 2.24. The Kier molecular flexibility index (Phi) is 5.76. The molecule has 10 nitrogen and oxygen atoms in total. The van der Waals surface area contributed by atoms with Gasteiger partial charge in [-0.1, -0.05) is 13.3 Å². The molecular formula is C26H36O10. The maximum absolute atomic E-state index is 12.5. The van der Waals surface area contributed by atoms with Crippen LogP contribution in [0.25, 0.3) is 0 Å². The lowest BCUT2D eigenvalue weighted by molar-refractivity contribution is -0.361. The second-order valence-electron chi connectivity index (χ2n) is 11.8. The summed E-state index contributed by atoms with van der Waals surface area (Å²) in [4.78, 5) is 49.3. The molecule has 2 aliphatic carbocycles. The molecule has 3 aliphatic heterocycles. The van der Waals surface area contributed by atoms with Gasteiger partial charge in [0.2, 0.25) is 0 Å². The van der Waals surface area contributed by atoms with Gasteiger partial charge in [0.05, 0.1) is 18.4 Å². The van der Waals surface area contributed by atoms with E-state index in [4.69, 9.17) is 28.4 Å². The summed E-state index contributed by atoms with van der Waals surface area (Å²) in [5.41, 5.74) is -4.16. The highest BCUT2D eigenvalue weighted by atomic mass is 16.6. The molecule has 200 valence electrons. The summed E-state index contributed by atoms with van der Waals surface area (Å²) in [5, 5.41) is 0. The average Bonchev–Trinajstić information content (AvgIpc) is 3.47. The van der Waals surface area contributed by atoms with Crippen LogP contribution in [0.2, 0.25) is 0 Å². The van der Waals surface area contributed by atoms with Crippen molar-refractivity contribution in [2.24, 2.45) is 16.7 Å². The summed E-state index contributed by atoms with van der Waals surface area (Å²) in [6, 6.07) is 0. The molecular weight excluding hydrogens is 472 g/mol. The summed E-state index contributed by atoms with van der Waals surface area (Å²) in [5.74, 6) is -2.01. The van der Waals surface area contributed by atoms with Crippen LogP contribution in [0.3, 0.4) is 0 Å². The minimum absolute atomic E-state index is 0.0267. The number of rotatable bonds is 4. The van der Waals surface area contributed by atoms with E-state index in [0.29, 0.717) is 19.4 Å². The van der Waals surface area contributed by atoms with E-state index in [0.717, 1.165) is 19.3 Å². The molecule has 0 amide bonds. The molecule has 2 spiro atoms. The van der Waals surface area contributed by atoms with Gasteiger partial charge >= 0.3 is 23.9 Å². The number of cyclic esters (lactones) is 1. The zero-order valence-electron chi connectivity index (χ0n) is 21.7. The highest BCUT2D eigenvalue weighted by molar-refractivity contribution is 5.73. The van der Waals surface area contributed by atoms with Gasteiger partial charge in [0, 0.05) is 26.2 Å². The second-order valence-corrected chi connectivity index (χ2v) is 11.8. The largest absolute Gasteiger partial charge is 0.465 e. The van der Waals surface area contributed by atoms with Crippen LogP contribution < -0.4 is 0 Å². The molecule has 0 unspecified atom stereocenters. The predicted molar refractivity (Wildman–Crippen MR) is 121 cm³/mol. The monoisotopic (exact) mass is 508 g/mol. The van der Waals surface area contributed by atoms with E-state index in [1.54, 1.807) is 0 Å². The van der Waals surface area contributed by atoms with Crippen LogP contribution in [0.15, 0.2) is 0 Å². The maximum atomic E-state index is 12.5. The molecule has 0 bridgehead atoms. The number of hydrogen-bond acceptors (Lipinski definition) is 10. The van der Waals surface area contributed by atoms with Gasteiger partial charge in [-0.2, -0.15) is 0 Å². The molecule has 5 rings (SSSR count). The van der Waals surface area contributed by atoms with Crippen molar-refractivity contribution in [3.63, 3.8) is 0 Å². The van der Waals surface area contributed by atoms with E-state index in [-0.39, 0.29) is 31.5 Å². The molecule has 3 saturated heterocycles. The van der Waals surface area contributed by atoms with Crippen LogP contribution in [-0.2, 0) is 47.6 Å². The second kappa shape index (κ2) is 8.15. The van der Waals surface area contributed by atoms with Crippen molar-refractivity contribution in [2.45, 2.75) is 102 Å². The minimum atomic E-state index is -1.12. The fraction of sp³-hybridized carbons (Fsp3) is 0.846. The number of fused-ring (bicyclic) bond motifs is 4. The van der Waals surface area contributed by atoms with Gasteiger partial charge < -0.3 is 28.4 Å². The van der Waals surface area contributed by atoms with Crippen molar-refractivity contribution in [3.05, 3.63) is 0 Å². The van der Waals surface area contributed by atoms with Crippen LogP contribution in [0.1, 0.15) is 73.1 Å². The molecule has 8 atom stereocenters. The lowest BCUT2D eigenvalue weighted by Gasteiger charge is -2.70. The van der Waals surface area contributed by atoms with E-state index in [2.05, 4.69) is 6.92 Å². The maximum Gasteiger partial charge on any atom is 0.308 e. The quantitative estimate of drug-likeness (QED) is 0.317. The third-order valence-corrected chi connectivity index (χ3v) is 9.86. The molecule has 36 heavy (non-hydrogen) atoms. The summed E-state index contributed by atoms with van der Waals surface area (Å²) >= 11 is 0. The zero-order valence-corrected chi connectivity index (χ0v) is 21.7. The average molecular weight is 509 g/mol. The number of esters is 4. The van der Waals surface area contributed by atoms with Gasteiger partial charge in [0.25, 0.3) is 0 Å². The van der Waals surface area contributed by atoms with Crippen LogP contribution >= 0.6 is 0 Å². The molecule has 0 aromatic rings. The Hall–Kier alpha value is -2.20. The fourth-order valence-corrected chi connectivity index (χ4v) is 8.10. The SMILES string of the molecule is CC(=O)OC[C@@]12[C@@H](OC(C)=O)[C@H](OC(C)=O)[C@]3(C)O[C@@]4(CC[C@]3(C)[C@H]1CCC[C@]21CO1)COC(=O)C4. The molecule has 0 N–H and O–H groups in total. The Bertz CT molecular complexity index is 989. The topological polar surface area (TPSA) is 127 Å². The van der Waals surface area contributed by atoms with E-state index in [1.165, 1.54) is 20.8 Å². The van der Waals surface area contributed by atoms with Gasteiger partial charge in [0.1, 0.15) is 30.0 Å². The Morgan fingerprint density at radius 3 is 2.17 bits per heavy atom. The van der Waals surface area contributed by atoms with Crippen LogP contribution in [-0.4, -0.2) is 72.7 Å². The molecule has 0 aromatic carbocycles. The van der Waals surface area contributed by atoms with E-state index in [1.807, 2.05) is 6.92 Å². The third-order valence-electron chi connectivity index (χ3n) is 9.86. The van der Waals surface area contributed by atoms with Crippen molar-refractivity contribution in [1.82, 2.24) is 0 Å². The first kappa shape index (κ1) is 25.4. The fourth-order valence-electron chi connectivity index (χ4n) is 8.10. The Morgan fingerprint density at radius 2 is 1.61 bits per heavy atom. The molecule has 0 aromatic heterocycles. The Morgan fingerprint density at radius 1 is 0.944 bits per heavy atom. The molecule has 10 heteroatoms. The first-order valence-electron chi connectivity index (χ1n) is 12.8. The van der Waals surface area contributed by atoms with Crippen molar-refractivity contribution in [2.75, 3.05) is 19.8 Å². The third kappa shape index (κ3) is 3.43. The standard InChI is InChI=1S/C26H36O10/c1-15(27)31-14-26-18(7-6-8-25(26)13-33-25)22(4)9-10-24(11-19(30)32-12-24)36-23(22,5)20(34-16(2)28)21(26)35-17(3)29/h18,20-21H,6-14H2,1-5H3/t18-,20+,21+,22-,23+,24-,25+,26+/m1/s1. The minimum Gasteiger partial charge on any atom is -0.465 e. The lowest BCUT2D eigenvalue weighted by Crippen LogP contribution is -2.80. The first-order valence-corrected chi connectivity index (χ1v) is 12.8. The normalized spacial score (nSPS) is 46.9. The van der Waals surface area contributed by atoms with E-state index in [9.17, 15) is 19.2 Å². The number of carbonyl (C=O) groups is 4. The molecule has 5 fully saturated rings. The number of ether oxygens (including phenoxy) is 6. The molecule has 0 radical (unpaired) electrons. The highest BCUT2D eigenvalue weighted by Crippen LogP contribution is 2.72. The van der Waals surface area contributed by atoms with Crippen molar-refractivity contribution in [3.8, 4) is 0 Å². The molecule has 5 aliphatic rings. The Labute approximate surface area is 210 Å². The summed E-state index contributed by atoms with van der Waals surface area (Å²) in [7, 11) is 0. The van der Waals surface area contributed by atoms with Crippen LogP contribution in [0.5, 0.6) is 0 Å². The van der Waals surface area contributed by atoms with Crippen molar-refractivity contribution >= 4 is 23.9 Å². The van der Waals surface area contributed by atoms with Gasteiger partial charge in [-0.3, -0.25) is 19.2 Å². The first-order chi connectivity index (χ1) is 16.8. The van der Waals surface area contributed by atoms with Crippen molar-refractivity contribution < 1.29 is 47.6 Å². The smallest absolute Gasteiger partial charge is 0.308 e. The summed E-state index contributed by atoms with van der Waals surface area (Å²) in [6.45, 7) is 8.51. The molecule has 2 saturated carbocycles. The highest BCUT2D eigenvalue weighted by Gasteiger charge is 2.82. The van der Waals surface area contributed by atoms with Gasteiger partial charge in [-0.05, 0) is 38.5 Å². The summed E-state index contributed by atoms with van der Waals surface area (Å²) in [6.07, 6.45) is 1.72. The zero-order chi connectivity index (χ0) is 26.1. The van der Waals surface area contributed by atoms with Gasteiger partial charge in [0.15, 0.2) is 12.2 Å². The van der Waals surface area contributed by atoms with Crippen LogP contribution in [0.4, 0.5) is 0 Å². The lowest BCUT2D eigenvalue weighted by atomic mass is 9.40. The van der Waals surface area contributed by atoms with Gasteiger partial charge in [-0.25, -0.2) is 0 Å².